The second-order valence-electron chi connectivity index (χ2n) is 7.03. The summed E-state index contributed by atoms with van der Waals surface area (Å²) in [4.78, 5) is 12.6. The van der Waals surface area contributed by atoms with Gasteiger partial charge < -0.3 is 25.2 Å². The van der Waals surface area contributed by atoms with E-state index in [0.717, 1.165) is 17.3 Å². The van der Waals surface area contributed by atoms with E-state index in [-0.39, 0.29) is 24.0 Å². The van der Waals surface area contributed by atoms with Gasteiger partial charge in [-0.15, -0.1) is 13.2 Å². The van der Waals surface area contributed by atoms with Crippen LogP contribution in [0.25, 0.3) is 5.57 Å². The number of amides is 1. The molecule has 4 rings (SSSR count). The number of rotatable bonds is 3. The normalized spacial score (nSPS) is 19.2. The number of anilines is 2. The van der Waals surface area contributed by atoms with Crippen LogP contribution in [0.15, 0.2) is 42.5 Å². The summed E-state index contributed by atoms with van der Waals surface area (Å²) in [5, 5.41) is 15.8. The number of halogens is 3. The average molecular weight is 420 g/mol. The molecular weight excluding hydrogens is 401 g/mol. The van der Waals surface area contributed by atoms with Crippen molar-refractivity contribution >= 4 is 22.9 Å². The molecule has 3 N–H and O–H groups in total. The van der Waals surface area contributed by atoms with Crippen molar-refractivity contribution in [3.63, 3.8) is 0 Å². The van der Waals surface area contributed by atoms with E-state index in [1.54, 1.807) is 12.1 Å². The molecule has 6 nitrogen and oxygen atoms in total. The minimum Gasteiger partial charge on any atom is -0.492 e. The molecule has 1 amide bonds. The molecule has 0 aliphatic carbocycles. The second-order valence-corrected chi connectivity index (χ2v) is 7.03. The van der Waals surface area contributed by atoms with Gasteiger partial charge in [-0.3, -0.25) is 4.79 Å². The standard InChI is InChI=1S/C21H19F3N2O4/c22-21(23,24)30-14-4-5-15-12(6-7-29-19(15)10-14)8-20(28)26-18-3-1-2-17-16(18)9-13(27)11-25-17/h1-5,8,10,13,25,27H,6-7,9,11H2,(H,26,28). The summed E-state index contributed by atoms with van der Waals surface area (Å²) in [6.07, 6.45) is -3.05. The summed E-state index contributed by atoms with van der Waals surface area (Å²) >= 11 is 0. The minimum absolute atomic E-state index is 0.228. The van der Waals surface area contributed by atoms with Gasteiger partial charge in [0.15, 0.2) is 0 Å². The maximum atomic E-state index is 12.6. The Morgan fingerprint density at radius 1 is 1.30 bits per heavy atom. The lowest BCUT2D eigenvalue weighted by Crippen LogP contribution is -2.28. The molecule has 0 aromatic heterocycles. The second kappa shape index (κ2) is 7.91. The molecule has 1 unspecified atom stereocenters. The quantitative estimate of drug-likeness (QED) is 0.660. The first-order valence-corrected chi connectivity index (χ1v) is 9.37. The van der Waals surface area contributed by atoms with Gasteiger partial charge in [-0.2, -0.15) is 0 Å². The molecule has 2 heterocycles. The number of benzene rings is 2. The number of ether oxygens (including phenoxy) is 2. The monoisotopic (exact) mass is 420 g/mol. The number of β-amino-alcohol motifs (C(OH)–C–C–N with tert-alkyl or cyclic N) is 1. The number of fused-ring (bicyclic) bond motifs is 2. The zero-order chi connectivity index (χ0) is 21.3. The number of nitrogens with one attached hydrogen (secondary N) is 2. The third-order valence-electron chi connectivity index (χ3n) is 4.87. The third kappa shape index (κ3) is 4.51. The molecule has 158 valence electrons. The molecule has 2 aliphatic rings. The third-order valence-corrected chi connectivity index (χ3v) is 4.87. The smallest absolute Gasteiger partial charge is 0.492 e. The van der Waals surface area contributed by atoms with Crippen LogP contribution < -0.4 is 20.1 Å². The summed E-state index contributed by atoms with van der Waals surface area (Å²) in [6.45, 7) is 0.684. The SMILES string of the molecule is O=C(C=C1CCOc2cc(OC(F)(F)F)ccc21)Nc1cccc2c1CC(O)CN2. The lowest BCUT2D eigenvalue weighted by atomic mass is 9.98. The van der Waals surface area contributed by atoms with Crippen molar-refractivity contribution in [2.45, 2.75) is 25.3 Å². The van der Waals surface area contributed by atoms with Crippen LogP contribution in [0.2, 0.25) is 0 Å². The molecule has 0 fully saturated rings. The van der Waals surface area contributed by atoms with Gasteiger partial charge >= 0.3 is 6.36 Å². The lowest BCUT2D eigenvalue weighted by molar-refractivity contribution is -0.274. The predicted molar refractivity (Wildman–Crippen MR) is 104 cm³/mol. The summed E-state index contributed by atoms with van der Waals surface area (Å²) in [5.41, 5.74) is 3.47. The van der Waals surface area contributed by atoms with Crippen LogP contribution in [0.4, 0.5) is 24.5 Å². The Balaban J connectivity index is 1.55. The highest BCUT2D eigenvalue weighted by atomic mass is 19.4. The highest BCUT2D eigenvalue weighted by Gasteiger charge is 2.31. The van der Waals surface area contributed by atoms with E-state index >= 15 is 0 Å². The van der Waals surface area contributed by atoms with Crippen molar-refractivity contribution in [2.75, 3.05) is 23.8 Å². The van der Waals surface area contributed by atoms with Crippen molar-refractivity contribution in [3.8, 4) is 11.5 Å². The fourth-order valence-corrected chi connectivity index (χ4v) is 3.59. The van der Waals surface area contributed by atoms with Crippen LogP contribution in [0.1, 0.15) is 17.5 Å². The molecule has 30 heavy (non-hydrogen) atoms. The Bertz CT molecular complexity index is 1000. The number of hydrogen-bond donors (Lipinski definition) is 3. The van der Waals surface area contributed by atoms with Crippen LogP contribution in [-0.4, -0.2) is 36.6 Å². The van der Waals surface area contributed by atoms with Crippen LogP contribution in [0.3, 0.4) is 0 Å². The van der Waals surface area contributed by atoms with Gasteiger partial charge in [-0.1, -0.05) is 6.07 Å². The summed E-state index contributed by atoms with van der Waals surface area (Å²) in [6, 6.07) is 9.23. The Morgan fingerprint density at radius 2 is 2.13 bits per heavy atom. The fourth-order valence-electron chi connectivity index (χ4n) is 3.59. The molecule has 1 atom stereocenters. The number of hydrogen-bond acceptors (Lipinski definition) is 5. The van der Waals surface area contributed by atoms with Crippen LogP contribution in [0.5, 0.6) is 11.5 Å². The van der Waals surface area contributed by atoms with Crippen molar-refractivity contribution in [1.82, 2.24) is 0 Å². The largest absolute Gasteiger partial charge is 0.573 e. The van der Waals surface area contributed by atoms with E-state index < -0.39 is 12.5 Å². The zero-order valence-corrected chi connectivity index (χ0v) is 15.8. The first-order valence-electron chi connectivity index (χ1n) is 9.37. The number of aliphatic hydroxyl groups excluding tert-OH is 1. The Hall–Kier alpha value is -3.20. The highest BCUT2D eigenvalue weighted by Crippen LogP contribution is 2.37. The molecule has 0 saturated heterocycles. The van der Waals surface area contributed by atoms with E-state index in [1.165, 1.54) is 18.2 Å². The number of carbonyl (C=O) groups excluding carboxylic acids is 1. The molecule has 0 radical (unpaired) electrons. The van der Waals surface area contributed by atoms with E-state index in [4.69, 9.17) is 4.74 Å². The summed E-state index contributed by atoms with van der Waals surface area (Å²) in [5.74, 6) is -0.526. The van der Waals surface area contributed by atoms with Gasteiger partial charge in [0.05, 0.1) is 12.7 Å². The van der Waals surface area contributed by atoms with Crippen LogP contribution in [0, 0.1) is 0 Å². The topological polar surface area (TPSA) is 79.8 Å². The molecular formula is C21H19F3N2O4. The summed E-state index contributed by atoms with van der Waals surface area (Å²) < 4.78 is 46.6. The molecule has 0 spiro atoms. The van der Waals surface area contributed by atoms with Gasteiger partial charge in [-0.25, -0.2) is 0 Å². The maximum Gasteiger partial charge on any atom is 0.573 e. The predicted octanol–water partition coefficient (Wildman–Crippen LogP) is 3.72. The Morgan fingerprint density at radius 3 is 2.93 bits per heavy atom. The van der Waals surface area contributed by atoms with Crippen LogP contribution >= 0.6 is 0 Å². The van der Waals surface area contributed by atoms with Crippen molar-refractivity contribution in [3.05, 3.63) is 53.6 Å². The first kappa shape index (κ1) is 20.1. The van der Waals surface area contributed by atoms with Gasteiger partial charge in [0.1, 0.15) is 11.5 Å². The maximum absolute atomic E-state index is 12.6. The molecule has 2 aromatic rings. The van der Waals surface area contributed by atoms with Gasteiger partial charge in [0.25, 0.3) is 0 Å². The lowest BCUT2D eigenvalue weighted by Gasteiger charge is -2.25. The molecule has 2 aromatic carbocycles. The fraction of sp³-hybridized carbons (Fsp3) is 0.286. The van der Waals surface area contributed by atoms with Crippen molar-refractivity contribution in [2.24, 2.45) is 0 Å². The van der Waals surface area contributed by atoms with Crippen LogP contribution in [-0.2, 0) is 11.2 Å². The Labute approximate surface area is 170 Å². The molecule has 9 heteroatoms. The van der Waals surface area contributed by atoms with Gasteiger partial charge in [0.2, 0.25) is 5.91 Å². The van der Waals surface area contributed by atoms with Crippen molar-refractivity contribution < 1.29 is 32.5 Å². The highest BCUT2D eigenvalue weighted by molar-refractivity contribution is 6.05. The minimum atomic E-state index is -4.79. The zero-order valence-electron chi connectivity index (χ0n) is 15.8. The van der Waals surface area contributed by atoms with Gasteiger partial charge in [0, 0.05) is 54.0 Å². The molecule has 0 bridgehead atoms. The van der Waals surface area contributed by atoms with E-state index in [0.29, 0.717) is 36.2 Å². The Kier molecular flexibility index (Phi) is 5.29. The van der Waals surface area contributed by atoms with Gasteiger partial charge in [-0.05, 0) is 29.8 Å². The first-order chi connectivity index (χ1) is 14.3. The van der Waals surface area contributed by atoms with E-state index in [2.05, 4.69) is 15.4 Å². The average Bonchev–Trinajstić information content (AvgIpc) is 2.67. The number of carbonyl (C=O) groups is 1. The summed E-state index contributed by atoms with van der Waals surface area (Å²) in [7, 11) is 0. The van der Waals surface area contributed by atoms with E-state index in [1.807, 2.05) is 6.07 Å². The number of alkyl halides is 3. The van der Waals surface area contributed by atoms with E-state index in [9.17, 15) is 23.1 Å². The number of aliphatic hydroxyl groups is 1. The van der Waals surface area contributed by atoms with Crippen molar-refractivity contribution in [1.29, 1.82) is 0 Å². The molecule has 2 aliphatic heterocycles. The molecule has 0 saturated carbocycles.